The number of hydrogen-bond donors (Lipinski definition) is 1. The molecular formula is C20H24N2O2. The van der Waals surface area contributed by atoms with E-state index in [1.165, 1.54) is 0 Å². The Morgan fingerprint density at radius 1 is 0.958 bits per heavy atom. The molecule has 0 saturated heterocycles. The molecule has 0 unspecified atom stereocenters. The quantitative estimate of drug-likeness (QED) is 0.850. The van der Waals surface area contributed by atoms with Crippen LogP contribution in [-0.4, -0.2) is 36.3 Å². The van der Waals surface area contributed by atoms with Gasteiger partial charge >= 0.3 is 0 Å². The van der Waals surface area contributed by atoms with Crippen molar-refractivity contribution >= 4 is 11.8 Å². The van der Waals surface area contributed by atoms with Crippen molar-refractivity contribution in [1.29, 1.82) is 0 Å². The molecule has 2 aromatic rings. The second kappa shape index (κ2) is 8.87. The van der Waals surface area contributed by atoms with Crippen LogP contribution >= 0.6 is 0 Å². The zero-order chi connectivity index (χ0) is 17.4. The first-order valence-corrected chi connectivity index (χ1v) is 8.20. The highest BCUT2D eigenvalue weighted by molar-refractivity contribution is 5.88. The molecule has 0 aliphatic heterocycles. The van der Waals surface area contributed by atoms with Gasteiger partial charge in [0.1, 0.15) is 6.04 Å². The number of hydrogen-bond acceptors (Lipinski definition) is 2. The molecule has 2 rings (SSSR count). The van der Waals surface area contributed by atoms with E-state index in [1.807, 2.05) is 60.7 Å². The summed E-state index contributed by atoms with van der Waals surface area (Å²) in [7, 11) is 1.59. The topological polar surface area (TPSA) is 49.4 Å². The lowest BCUT2D eigenvalue weighted by Crippen LogP contribution is -2.48. The van der Waals surface area contributed by atoms with Crippen LogP contribution in [0.25, 0.3) is 0 Å². The van der Waals surface area contributed by atoms with Gasteiger partial charge in [-0.05, 0) is 24.5 Å². The predicted octanol–water partition coefficient (Wildman–Crippen LogP) is 2.43. The average molecular weight is 324 g/mol. The molecule has 0 aliphatic carbocycles. The van der Waals surface area contributed by atoms with Crippen LogP contribution in [0.4, 0.5) is 0 Å². The van der Waals surface area contributed by atoms with Crippen molar-refractivity contribution in [3.05, 3.63) is 71.8 Å². The van der Waals surface area contributed by atoms with Gasteiger partial charge in [0.05, 0.1) is 6.42 Å². The summed E-state index contributed by atoms with van der Waals surface area (Å²) in [4.78, 5) is 26.4. The van der Waals surface area contributed by atoms with E-state index in [0.29, 0.717) is 13.0 Å². The molecule has 0 spiro atoms. The molecule has 0 heterocycles. The highest BCUT2D eigenvalue weighted by Gasteiger charge is 2.24. The van der Waals surface area contributed by atoms with Crippen LogP contribution in [-0.2, 0) is 22.4 Å². The maximum absolute atomic E-state index is 12.7. The van der Waals surface area contributed by atoms with E-state index in [4.69, 9.17) is 0 Å². The molecule has 4 nitrogen and oxygen atoms in total. The minimum absolute atomic E-state index is 0.0340. The molecule has 0 radical (unpaired) electrons. The van der Waals surface area contributed by atoms with Crippen LogP contribution in [0.2, 0.25) is 0 Å². The van der Waals surface area contributed by atoms with Crippen molar-refractivity contribution in [2.45, 2.75) is 25.8 Å². The van der Waals surface area contributed by atoms with Crippen LogP contribution in [0, 0.1) is 0 Å². The van der Waals surface area contributed by atoms with Gasteiger partial charge in [0.25, 0.3) is 0 Å². The molecule has 0 aliphatic rings. The maximum Gasteiger partial charge on any atom is 0.242 e. The SMILES string of the molecule is CNC(=O)[C@H](C)N(CCc1ccccc1)C(=O)Cc1ccccc1. The van der Waals surface area contributed by atoms with Crippen molar-refractivity contribution in [2.75, 3.05) is 13.6 Å². The number of likely N-dealkylation sites (N-methyl/N-ethyl adjacent to an activating group) is 1. The van der Waals surface area contributed by atoms with Crippen LogP contribution < -0.4 is 5.32 Å². The summed E-state index contributed by atoms with van der Waals surface area (Å²) in [5, 5.41) is 2.63. The third kappa shape index (κ3) is 4.95. The molecule has 24 heavy (non-hydrogen) atoms. The van der Waals surface area contributed by atoms with Gasteiger partial charge in [0.15, 0.2) is 0 Å². The molecule has 1 N–H and O–H groups in total. The Morgan fingerprint density at radius 2 is 1.50 bits per heavy atom. The van der Waals surface area contributed by atoms with E-state index in [0.717, 1.165) is 17.5 Å². The van der Waals surface area contributed by atoms with Crippen molar-refractivity contribution in [3.8, 4) is 0 Å². The Morgan fingerprint density at radius 3 is 2.04 bits per heavy atom. The van der Waals surface area contributed by atoms with Crippen molar-refractivity contribution in [3.63, 3.8) is 0 Å². The predicted molar refractivity (Wildman–Crippen MR) is 95.5 cm³/mol. The molecule has 4 heteroatoms. The zero-order valence-corrected chi connectivity index (χ0v) is 14.2. The molecule has 0 fully saturated rings. The Kier molecular flexibility index (Phi) is 6.55. The van der Waals surface area contributed by atoms with Gasteiger partial charge in [-0.3, -0.25) is 9.59 Å². The molecular weight excluding hydrogens is 300 g/mol. The lowest BCUT2D eigenvalue weighted by Gasteiger charge is -2.28. The lowest BCUT2D eigenvalue weighted by molar-refractivity contribution is -0.139. The first kappa shape index (κ1) is 17.7. The summed E-state index contributed by atoms with van der Waals surface area (Å²) in [6, 6.07) is 19.1. The summed E-state index contributed by atoms with van der Waals surface area (Å²) in [5.74, 6) is -0.183. The summed E-state index contributed by atoms with van der Waals surface area (Å²) < 4.78 is 0. The number of carbonyl (C=O) groups is 2. The zero-order valence-electron chi connectivity index (χ0n) is 14.2. The number of amides is 2. The van der Waals surface area contributed by atoms with E-state index in [2.05, 4.69) is 5.32 Å². The Balaban J connectivity index is 2.09. The fraction of sp³-hybridized carbons (Fsp3) is 0.300. The van der Waals surface area contributed by atoms with Crippen molar-refractivity contribution in [1.82, 2.24) is 10.2 Å². The average Bonchev–Trinajstić information content (AvgIpc) is 2.62. The van der Waals surface area contributed by atoms with Gasteiger partial charge in [-0.2, -0.15) is 0 Å². The van der Waals surface area contributed by atoms with E-state index in [9.17, 15) is 9.59 Å². The number of nitrogens with one attached hydrogen (secondary N) is 1. The normalized spacial score (nSPS) is 11.6. The van der Waals surface area contributed by atoms with E-state index >= 15 is 0 Å². The molecule has 0 bridgehead atoms. The van der Waals surface area contributed by atoms with Crippen LogP contribution in [0.1, 0.15) is 18.1 Å². The summed E-state index contributed by atoms with van der Waals surface area (Å²) in [6.07, 6.45) is 1.03. The third-order valence-corrected chi connectivity index (χ3v) is 4.10. The van der Waals surface area contributed by atoms with Crippen LogP contribution in [0.3, 0.4) is 0 Å². The lowest BCUT2D eigenvalue weighted by atomic mass is 10.1. The summed E-state index contributed by atoms with van der Waals surface area (Å²) in [6.45, 7) is 2.29. The summed E-state index contributed by atoms with van der Waals surface area (Å²) >= 11 is 0. The highest BCUT2D eigenvalue weighted by atomic mass is 16.2. The van der Waals surface area contributed by atoms with Crippen LogP contribution in [0.5, 0.6) is 0 Å². The van der Waals surface area contributed by atoms with Gasteiger partial charge in [0, 0.05) is 13.6 Å². The second-order valence-electron chi connectivity index (χ2n) is 5.78. The van der Waals surface area contributed by atoms with E-state index in [1.54, 1.807) is 18.9 Å². The molecule has 0 aromatic heterocycles. The molecule has 2 amide bonds. The van der Waals surface area contributed by atoms with E-state index < -0.39 is 6.04 Å². The van der Waals surface area contributed by atoms with Gasteiger partial charge in [-0.25, -0.2) is 0 Å². The van der Waals surface area contributed by atoms with Gasteiger partial charge < -0.3 is 10.2 Å². The number of nitrogens with zero attached hydrogens (tertiary/aromatic N) is 1. The highest BCUT2D eigenvalue weighted by Crippen LogP contribution is 2.09. The smallest absolute Gasteiger partial charge is 0.242 e. The maximum atomic E-state index is 12.7. The number of carbonyl (C=O) groups excluding carboxylic acids is 2. The molecule has 126 valence electrons. The first-order chi connectivity index (χ1) is 11.6. The fourth-order valence-corrected chi connectivity index (χ4v) is 2.65. The molecule has 1 atom stereocenters. The van der Waals surface area contributed by atoms with Crippen LogP contribution in [0.15, 0.2) is 60.7 Å². The van der Waals surface area contributed by atoms with Gasteiger partial charge in [0.2, 0.25) is 11.8 Å². The first-order valence-electron chi connectivity index (χ1n) is 8.20. The Bertz CT molecular complexity index is 656. The van der Waals surface area contributed by atoms with Crippen molar-refractivity contribution < 1.29 is 9.59 Å². The number of rotatable bonds is 7. The minimum atomic E-state index is -0.491. The monoisotopic (exact) mass is 324 g/mol. The Labute approximate surface area is 143 Å². The third-order valence-electron chi connectivity index (χ3n) is 4.10. The fourth-order valence-electron chi connectivity index (χ4n) is 2.65. The van der Waals surface area contributed by atoms with Gasteiger partial charge in [-0.1, -0.05) is 60.7 Å². The van der Waals surface area contributed by atoms with Crippen molar-refractivity contribution in [2.24, 2.45) is 0 Å². The second-order valence-corrected chi connectivity index (χ2v) is 5.78. The largest absolute Gasteiger partial charge is 0.357 e. The van der Waals surface area contributed by atoms with E-state index in [-0.39, 0.29) is 11.8 Å². The molecule has 2 aromatic carbocycles. The molecule has 0 saturated carbocycles. The number of benzene rings is 2. The standard InChI is InChI=1S/C20H24N2O2/c1-16(20(24)21-2)22(14-13-17-9-5-3-6-10-17)19(23)15-18-11-7-4-8-12-18/h3-12,16H,13-15H2,1-2H3,(H,21,24)/t16-/m0/s1. The van der Waals surface area contributed by atoms with Gasteiger partial charge in [-0.15, -0.1) is 0 Å². The Hall–Kier alpha value is -2.62. The minimum Gasteiger partial charge on any atom is -0.357 e. The summed E-state index contributed by atoms with van der Waals surface area (Å²) in [5.41, 5.74) is 2.11.